The number of rotatable bonds is 1. The number of hydrogen-bond donors (Lipinski definition) is 0. The van der Waals surface area contributed by atoms with Crippen LogP contribution in [0.3, 0.4) is 0 Å². The van der Waals surface area contributed by atoms with Gasteiger partial charge in [0.2, 0.25) is 0 Å². The van der Waals surface area contributed by atoms with E-state index >= 15 is 0 Å². The maximum atomic E-state index is 10.1. The molecule has 1 heterocycles. The van der Waals surface area contributed by atoms with E-state index in [9.17, 15) is 9.90 Å². The fraction of sp³-hybridized carbons (Fsp3) is 0. The van der Waals surface area contributed by atoms with Crippen LogP contribution in [0.25, 0.3) is 0 Å². The first kappa shape index (κ1) is 6.78. The molecule has 0 fully saturated rings. The molecular weight excluding hydrogens is 150 g/mol. The van der Waals surface area contributed by atoms with E-state index < -0.39 is 5.97 Å². The van der Waals surface area contributed by atoms with Gasteiger partial charge in [0.25, 0.3) is 0 Å². The fourth-order valence-corrected chi connectivity index (χ4v) is 1.17. The molecule has 1 aromatic heterocycles. The van der Waals surface area contributed by atoms with Crippen molar-refractivity contribution in [1.29, 1.82) is 5.26 Å². The Bertz CT molecular complexity index is 297. The maximum absolute atomic E-state index is 10.1. The number of carboxylic acid groups (broad SMARTS) is 1. The SMILES string of the molecule is N#Cc1csc(C(=O)[O-])c1. The van der Waals surface area contributed by atoms with Crippen LogP contribution in [0.1, 0.15) is 15.2 Å². The number of nitriles is 1. The molecule has 1 rings (SSSR count). The van der Waals surface area contributed by atoms with Gasteiger partial charge >= 0.3 is 0 Å². The molecule has 0 aliphatic rings. The van der Waals surface area contributed by atoms with Crippen LogP contribution in [0.2, 0.25) is 0 Å². The van der Waals surface area contributed by atoms with Gasteiger partial charge in [-0.1, -0.05) is 0 Å². The minimum Gasteiger partial charge on any atom is -0.544 e. The van der Waals surface area contributed by atoms with Crippen molar-refractivity contribution in [3.63, 3.8) is 0 Å². The monoisotopic (exact) mass is 152 g/mol. The molecule has 0 saturated heterocycles. The third-order valence-corrected chi connectivity index (χ3v) is 1.84. The Kier molecular flexibility index (Phi) is 1.69. The van der Waals surface area contributed by atoms with Crippen LogP contribution in [0, 0.1) is 11.3 Å². The van der Waals surface area contributed by atoms with Gasteiger partial charge in [0.05, 0.1) is 16.4 Å². The molecule has 10 heavy (non-hydrogen) atoms. The quantitative estimate of drug-likeness (QED) is 0.568. The van der Waals surface area contributed by atoms with Gasteiger partial charge in [0.1, 0.15) is 6.07 Å². The summed E-state index contributed by atoms with van der Waals surface area (Å²) in [6.45, 7) is 0. The molecule has 0 radical (unpaired) electrons. The van der Waals surface area contributed by atoms with Gasteiger partial charge in [-0.05, 0) is 6.07 Å². The third-order valence-electron chi connectivity index (χ3n) is 0.930. The largest absolute Gasteiger partial charge is 0.544 e. The summed E-state index contributed by atoms with van der Waals surface area (Å²) in [6.07, 6.45) is 0. The summed E-state index contributed by atoms with van der Waals surface area (Å²) in [7, 11) is 0. The molecule has 0 atom stereocenters. The van der Waals surface area contributed by atoms with E-state index in [1.165, 1.54) is 11.4 Å². The van der Waals surface area contributed by atoms with Crippen molar-refractivity contribution in [3.8, 4) is 6.07 Å². The minimum absolute atomic E-state index is 0.0940. The molecule has 3 nitrogen and oxygen atoms in total. The highest BCUT2D eigenvalue weighted by Crippen LogP contribution is 2.11. The van der Waals surface area contributed by atoms with Crippen LogP contribution < -0.4 is 5.11 Å². The molecular formula is C6H2NO2S-. The lowest BCUT2D eigenvalue weighted by molar-refractivity contribution is -0.254. The van der Waals surface area contributed by atoms with Crippen LogP contribution in [-0.4, -0.2) is 5.97 Å². The summed E-state index contributed by atoms with van der Waals surface area (Å²) in [5.74, 6) is -1.23. The molecule has 0 aliphatic heterocycles. The number of carbonyl (C=O) groups excluding carboxylic acids is 1. The zero-order valence-corrected chi connectivity index (χ0v) is 5.64. The Labute approximate surface area is 61.1 Å². The summed E-state index contributed by atoms with van der Waals surface area (Å²) in [4.78, 5) is 10.2. The van der Waals surface area contributed by atoms with Crippen LogP contribution in [0.5, 0.6) is 0 Å². The summed E-state index contributed by atoms with van der Waals surface area (Å²) >= 11 is 0.998. The van der Waals surface area contributed by atoms with E-state index in [2.05, 4.69) is 0 Å². The van der Waals surface area contributed by atoms with Crippen molar-refractivity contribution in [2.45, 2.75) is 0 Å². The summed E-state index contributed by atoms with van der Waals surface area (Å²) < 4.78 is 0. The second-order valence-corrected chi connectivity index (χ2v) is 2.51. The van der Waals surface area contributed by atoms with Crippen LogP contribution in [-0.2, 0) is 0 Å². The fourth-order valence-electron chi connectivity index (χ4n) is 0.502. The topological polar surface area (TPSA) is 63.9 Å². The summed E-state index contributed by atoms with van der Waals surface area (Å²) in [5.41, 5.74) is 0.365. The van der Waals surface area contributed by atoms with Crippen LogP contribution in [0.15, 0.2) is 11.4 Å². The van der Waals surface area contributed by atoms with E-state index in [0.29, 0.717) is 5.56 Å². The molecule has 0 N–H and O–H groups in total. The highest BCUT2D eigenvalue weighted by molar-refractivity contribution is 7.12. The Hall–Kier alpha value is -1.34. The standard InChI is InChI=1S/C6H3NO2S/c7-2-4-1-5(6(8)9)10-3-4/h1,3H,(H,8,9)/p-1. The molecule has 0 aromatic carbocycles. The first-order valence-electron chi connectivity index (χ1n) is 2.44. The van der Waals surface area contributed by atoms with Crippen LogP contribution in [0.4, 0.5) is 0 Å². The molecule has 0 saturated carbocycles. The van der Waals surface area contributed by atoms with Crippen molar-refractivity contribution >= 4 is 17.3 Å². The Morgan fingerprint density at radius 3 is 2.80 bits per heavy atom. The number of thiophene rings is 1. The Morgan fingerprint density at radius 1 is 1.80 bits per heavy atom. The number of aromatic carboxylic acids is 1. The number of nitrogens with zero attached hydrogens (tertiary/aromatic N) is 1. The van der Waals surface area contributed by atoms with Gasteiger partial charge in [-0.15, -0.1) is 11.3 Å². The van der Waals surface area contributed by atoms with Gasteiger partial charge in [-0.25, -0.2) is 0 Å². The van der Waals surface area contributed by atoms with Crippen molar-refractivity contribution in [3.05, 3.63) is 21.9 Å². The number of carbonyl (C=O) groups is 1. The van der Waals surface area contributed by atoms with Crippen molar-refractivity contribution < 1.29 is 9.90 Å². The average molecular weight is 152 g/mol. The zero-order valence-electron chi connectivity index (χ0n) is 4.83. The Morgan fingerprint density at radius 2 is 2.50 bits per heavy atom. The van der Waals surface area contributed by atoms with Gasteiger partial charge in [0, 0.05) is 5.38 Å². The van der Waals surface area contributed by atoms with Gasteiger partial charge in [-0.3, -0.25) is 0 Å². The summed E-state index contributed by atoms with van der Waals surface area (Å²) in [6, 6.07) is 3.11. The van der Waals surface area contributed by atoms with E-state index in [1.54, 1.807) is 0 Å². The van der Waals surface area contributed by atoms with E-state index in [1.807, 2.05) is 6.07 Å². The van der Waals surface area contributed by atoms with Crippen molar-refractivity contribution in [2.75, 3.05) is 0 Å². The van der Waals surface area contributed by atoms with E-state index in [-0.39, 0.29) is 4.88 Å². The molecule has 0 spiro atoms. The highest BCUT2D eigenvalue weighted by Gasteiger charge is 1.97. The van der Waals surface area contributed by atoms with Gasteiger partial charge < -0.3 is 9.90 Å². The first-order chi connectivity index (χ1) is 4.74. The third kappa shape index (κ3) is 1.14. The predicted octanol–water partition coefficient (Wildman–Crippen LogP) is -0.0167. The molecule has 0 aliphatic carbocycles. The smallest absolute Gasteiger partial charge is 0.100 e. The van der Waals surface area contributed by atoms with Gasteiger partial charge in [-0.2, -0.15) is 5.26 Å². The lowest BCUT2D eigenvalue weighted by Gasteiger charge is -1.91. The predicted molar refractivity (Wildman–Crippen MR) is 33.4 cm³/mol. The van der Waals surface area contributed by atoms with Crippen molar-refractivity contribution in [2.24, 2.45) is 0 Å². The highest BCUT2D eigenvalue weighted by atomic mass is 32.1. The molecule has 1 aromatic rings. The summed E-state index contributed by atoms with van der Waals surface area (Å²) in [5, 5.41) is 19.9. The number of carboxylic acids is 1. The number of hydrogen-bond acceptors (Lipinski definition) is 4. The Balaban J connectivity index is 3.02. The van der Waals surface area contributed by atoms with Crippen LogP contribution >= 0.6 is 11.3 Å². The molecule has 50 valence electrons. The first-order valence-corrected chi connectivity index (χ1v) is 3.32. The minimum atomic E-state index is -1.23. The second kappa shape index (κ2) is 2.50. The molecule has 4 heteroatoms. The lowest BCUT2D eigenvalue weighted by Crippen LogP contribution is -2.20. The van der Waals surface area contributed by atoms with E-state index in [4.69, 9.17) is 5.26 Å². The normalized spacial score (nSPS) is 8.70. The molecule has 0 amide bonds. The zero-order chi connectivity index (χ0) is 7.56. The van der Waals surface area contributed by atoms with Gasteiger partial charge in [0.15, 0.2) is 0 Å². The molecule has 0 bridgehead atoms. The van der Waals surface area contributed by atoms with E-state index in [0.717, 1.165) is 11.3 Å². The van der Waals surface area contributed by atoms with Crippen molar-refractivity contribution in [1.82, 2.24) is 0 Å². The maximum Gasteiger partial charge on any atom is 0.100 e. The molecule has 0 unspecified atom stereocenters. The lowest BCUT2D eigenvalue weighted by atomic mass is 10.3. The average Bonchev–Trinajstić information content (AvgIpc) is 2.34. The second-order valence-electron chi connectivity index (χ2n) is 1.60.